The van der Waals surface area contributed by atoms with Crippen LogP contribution in [0.3, 0.4) is 0 Å². The summed E-state index contributed by atoms with van der Waals surface area (Å²) in [4.78, 5) is 0. The number of hydrogen-bond acceptors (Lipinski definition) is 0. The van der Waals surface area contributed by atoms with E-state index in [4.69, 9.17) is 0 Å². The van der Waals surface area contributed by atoms with Crippen molar-refractivity contribution in [2.24, 2.45) is 5.41 Å². The molecule has 0 unspecified atom stereocenters. The maximum absolute atomic E-state index is 2.55. The second-order valence-electron chi connectivity index (χ2n) is 4.86. The molecule has 0 aromatic carbocycles. The molecule has 0 amide bonds. The fourth-order valence-electron chi connectivity index (χ4n) is 2.07. The highest BCUT2D eigenvalue weighted by atomic mass is 127. The summed E-state index contributed by atoms with van der Waals surface area (Å²) in [6.07, 6.45) is 2.70. The molecule has 2 heteroatoms. The van der Waals surface area contributed by atoms with Crippen LogP contribution in [0.25, 0.3) is 0 Å². The normalized spacial score (nSPS) is 21.7. The van der Waals surface area contributed by atoms with Crippen molar-refractivity contribution in [3.05, 3.63) is 0 Å². The summed E-state index contributed by atoms with van der Waals surface area (Å²) in [6.45, 7) is 12.8. The summed E-state index contributed by atoms with van der Waals surface area (Å²) in [7, 11) is 0. The number of halogens is 1. The van der Waals surface area contributed by atoms with Crippen molar-refractivity contribution < 1.29 is 28.6 Å². The molecule has 13 heavy (non-hydrogen) atoms. The van der Waals surface area contributed by atoms with Gasteiger partial charge in [0.2, 0.25) is 0 Å². The lowest BCUT2D eigenvalue weighted by Crippen LogP contribution is -3.00. The highest BCUT2D eigenvalue weighted by Gasteiger charge is 2.33. The predicted molar refractivity (Wildman–Crippen MR) is 54.0 cm³/mol. The molecule has 0 spiro atoms. The van der Waals surface area contributed by atoms with Crippen molar-refractivity contribution in [3.8, 4) is 0 Å². The number of rotatable bonds is 1. The zero-order valence-electron chi connectivity index (χ0n) is 9.52. The Hall–Kier alpha value is 0.400. The van der Waals surface area contributed by atoms with Crippen molar-refractivity contribution in [3.63, 3.8) is 0 Å². The predicted octanol–water partition coefficient (Wildman–Crippen LogP) is -0.308. The Bertz CT molecular complexity index is 204. The van der Waals surface area contributed by atoms with E-state index < -0.39 is 0 Å². The minimum atomic E-state index is 0. The van der Waals surface area contributed by atoms with Gasteiger partial charge < -0.3 is 24.0 Å². The van der Waals surface area contributed by atoms with Gasteiger partial charge in [-0.3, -0.25) is 0 Å². The average molecular weight is 295 g/mol. The summed E-state index contributed by atoms with van der Waals surface area (Å²) >= 11 is 0. The summed E-state index contributed by atoms with van der Waals surface area (Å²) in [5.41, 5.74) is 2.01. The van der Waals surface area contributed by atoms with E-state index in [9.17, 15) is 0 Å². The quantitative estimate of drug-likeness (QED) is 0.461. The molecule has 0 N–H and O–H groups in total. The van der Waals surface area contributed by atoms with Crippen LogP contribution in [-0.4, -0.2) is 22.9 Å². The zero-order chi connectivity index (χ0) is 9.35. The van der Waals surface area contributed by atoms with Gasteiger partial charge in [0.15, 0.2) is 5.71 Å². The maximum Gasteiger partial charge on any atom is 0.155 e. The number of nitrogens with zero attached hydrogens (tertiary/aromatic N) is 1. The molecule has 0 saturated heterocycles. The highest BCUT2D eigenvalue weighted by molar-refractivity contribution is 5.83. The minimum Gasteiger partial charge on any atom is -1.00 e. The first kappa shape index (κ1) is 13.4. The van der Waals surface area contributed by atoms with Gasteiger partial charge in [-0.25, -0.2) is 4.58 Å². The summed E-state index contributed by atoms with van der Waals surface area (Å²) < 4.78 is 2.55. The Morgan fingerprint density at radius 3 is 2.23 bits per heavy atom. The van der Waals surface area contributed by atoms with Crippen LogP contribution in [-0.2, 0) is 0 Å². The van der Waals surface area contributed by atoms with Gasteiger partial charge in [0.25, 0.3) is 0 Å². The SMILES string of the molecule is CC1=[N+](C(C)C)CCCC1(C)C.[I-]. The molecular formula is C11H22IN. The molecule has 0 aromatic heterocycles. The fourth-order valence-corrected chi connectivity index (χ4v) is 2.07. The van der Waals surface area contributed by atoms with Crippen LogP contribution >= 0.6 is 0 Å². The van der Waals surface area contributed by atoms with Crippen LogP contribution in [0.1, 0.15) is 47.5 Å². The van der Waals surface area contributed by atoms with Crippen LogP contribution in [0.15, 0.2) is 0 Å². The average Bonchev–Trinajstić information content (AvgIpc) is 1.94. The van der Waals surface area contributed by atoms with Crippen molar-refractivity contribution in [1.82, 2.24) is 0 Å². The molecule has 0 radical (unpaired) electrons. The van der Waals surface area contributed by atoms with E-state index >= 15 is 0 Å². The first-order chi connectivity index (χ1) is 5.45. The standard InChI is InChI=1S/C11H22N.HI/c1-9(2)12-8-6-7-11(4,5)10(12)3;/h9H,6-8H2,1-5H3;1H/q+1;/p-1. The van der Waals surface area contributed by atoms with Gasteiger partial charge >= 0.3 is 0 Å². The van der Waals surface area contributed by atoms with Gasteiger partial charge in [-0.05, 0) is 20.3 Å². The molecule has 1 rings (SSSR count). The molecule has 1 aliphatic heterocycles. The van der Waals surface area contributed by atoms with Crippen molar-refractivity contribution >= 4 is 5.71 Å². The van der Waals surface area contributed by atoms with Gasteiger partial charge in [-0.2, -0.15) is 0 Å². The summed E-state index contributed by atoms with van der Waals surface area (Å²) in [5.74, 6) is 0. The Kier molecular flexibility index (Phi) is 4.91. The Morgan fingerprint density at radius 1 is 1.31 bits per heavy atom. The molecular weight excluding hydrogens is 273 g/mol. The topological polar surface area (TPSA) is 3.01 Å². The molecule has 0 bridgehead atoms. The van der Waals surface area contributed by atoms with E-state index in [1.807, 2.05) is 0 Å². The Labute approximate surface area is 99.6 Å². The fraction of sp³-hybridized carbons (Fsp3) is 0.909. The smallest absolute Gasteiger partial charge is 0.155 e. The first-order valence-corrected chi connectivity index (χ1v) is 5.06. The zero-order valence-corrected chi connectivity index (χ0v) is 11.7. The van der Waals surface area contributed by atoms with Crippen LogP contribution in [0, 0.1) is 5.41 Å². The summed E-state index contributed by atoms with van der Waals surface area (Å²) in [6, 6.07) is 0.671. The van der Waals surface area contributed by atoms with Crippen LogP contribution in [0.4, 0.5) is 0 Å². The molecule has 0 atom stereocenters. The molecule has 0 aromatic rings. The van der Waals surface area contributed by atoms with Crippen molar-refractivity contribution in [2.45, 2.75) is 53.5 Å². The third-order valence-electron chi connectivity index (χ3n) is 3.23. The maximum atomic E-state index is 2.55. The van der Waals surface area contributed by atoms with E-state index in [1.54, 1.807) is 5.71 Å². The lowest BCUT2D eigenvalue weighted by molar-refractivity contribution is -0.567. The van der Waals surface area contributed by atoms with Crippen molar-refractivity contribution in [1.29, 1.82) is 0 Å². The molecule has 78 valence electrons. The molecule has 0 aliphatic carbocycles. The summed E-state index contributed by atoms with van der Waals surface area (Å²) in [5, 5.41) is 0. The lowest BCUT2D eigenvalue weighted by Gasteiger charge is -2.29. The largest absolute Gasteiger partial charge is 1.00 e. The van der Waals surface area contributed by atoms with Gasteiger partial charge in [0, 0.05) is 18.8 Å². The van der Waals surface area contributed by atoms with Crippen LogP contribution in [0.2, 0.25) is 0 Å². The molecule has 1 nitrogen and oxygen atoms in total. The van der Waals surface area contributed by atoms with Crippen molar-refractivity contribution in [2.75, 3.05) is 6.54 Å². The molecule has 1 aliphatic rings. The first-order valence-electron chi connectivity index (χ1n) is 5.06. The van der Waals surface area contributed by atoms with Gasteiger partial charge in [0.05, 0.1) is 0 Å². The van der Waals surface area contributed by atoms with Gasteiger partial charge in [0.1, 0.15) is 12.6 Å². The second kappa shape index (κ2) is 4.76. The Morgan fingerprint density at radius 2 is 1.85 bits per heavy atom. The number of hydrogen-bond donors (Lipinski definition) is 0. The van der Waals surface area contributed by atoms with E-state index in [1.165, 1.54) is 19.4 Å². The minimum absolute atomic E-state index is 0. The highest BCUT2D eigenvalue weighted by Crippen LogP contribution is 2.28. The third-order valence-corrected chi connectivity index (χ3v) is 3.23. The molecule has 0 saturated carbocycles. The second-order valence-corrected chi connectivity index (χ2v) is 4.86. The van der Waals surface area contributed by atoms with E-state index in [0.717, 1.165) is 0 Å². The molecule has 0 fully saturated rings. The third kappa shape index (κ3) is 2.93. The van der Waals surface area contributed by atoms with Crippen LogP contribution < -0.4 is 24.0 Å². The van der Waals surface area contributed by atoms with E-state index in [-0.39, 0.29) is 24.0 Å². The monoisotopic (exact) mass is 295 g/mol. The Balaban J connectivity index is 0.00000144. The van der Waals surface area contributed by atoms with E-state index in [2.05, 4.69) is 39.2 Å². The van der Waals surface area contributed by atoms with Gasteiger partial charge in [-0.15, -0.1) is 0 Å². The van der Waals surface area contributed by atoms with Crippen LogP contribution in [0.5, 0.6) is 0 Å². The molecule has 1 heterocycles. The van der Waals surface area contributed by atoms with Gasteiger partial charge in [-0.1, -0.05) is 13.8 Å². The lowest BCUT2D eigenvalue weighted by atomic mass is 9.80. The van der Waals surface area contributed by atoms with E-state index in [0.29, 0.717) is 11.5 Å².